The number of rotatable bonds is 6. The fourth-order valence-electron chi connectivity index (χ4n) is 4.21. The number of fused-ring (bicyclic) bond motifs is 1. The maximum absolute atomic E-state index is 13.1. The predicted octanol–water partition coefficient (Wildman–Crippen LogP) is 1.76. The molecule has 0 atom stereocenters. The Hall–Kier alpha value is -2.53. The lowest BCUT2D eigenvalue weighted by Gasteiger charge is -2.43. The van der Waals surface area contributed by atoms with Crippen molar-refractivity contribution in [2.75, 3.05) is 25.0 Å². The van der Waals surface area contributed by atoms with Gasteiger partial charge in [0.2, 0.25) is 0 Å². The number of anilines is 1. The third kappa shape index (κ3) is 3.30. The molecule has 5 rings (SSSR count). The topological polar surface area (TPSA) is 102 Å². The highest BCUT2D eigenvalue weighted by Crippen LogP contribution is 2.35. The first-order valence-electron chi connectivity index (χ1n) is 10.7. The van der Waals surface area contributed by atoms with Gasteiger partial charge in [0.25, 0.3) is 10.0 Å². The molecule has 3 aromatic heterocycles. The lowest BCUT2D eigenvalue weighted by atomic mass is 9.85. The van der Waals surface area contributed by atoms with E-state index < -0.39 is 10.0 Å². The van der Waals surface area contributed by atoms with Gasteiger partial charge in [-0.15, -0.1) is 15.3 Å². The second kappa shape index (κ2) is 7.27. The van der Waals surface area contributed by atoms with Crippen LogP contribution in [0.2, 0.25) is 0 Å². The SMILES string of the molecule is CC(C)c1nc(S(=O)(=O)N(C)C2CN(c3ccc4nnc(C5CCC5)n4n3)C2)cn1C. The molecule has 2 aliphatic rings. The minimum absolute atomic E-state index is 0.105. The predicted molar refractivity (Wildman–Crippen MR) is 116 cm³/mol. The molecule has 11 heteroatoms. The van der Waals surface area contributed by atoms with Crippen LogP contribution in [0.25, 0.3) is 5.65 Å². The van der Waals surface area contributed by atoms with Crippen molar-refractivity contribution in [2.24, 2.45) is 7.05 Å². The number of imidazole rings is 1. The van der Waals surface area contributed by atoms with Crippen LogP contribution in [0.15, 0.2) is 23.4 Å². The quantitative estimate of drug-likeness (QED) is 0.571. The molecule has 1 saturated heterocycles. The van der Waals surface area contributed by atoms with E-state index in [9.17, 15) is 8.42 Å². The van der Waals surface area contributed by atoms with Crippen LogP contribution in [0.3, 0.4) is 0 Å². The standard InChI is InChI=1S/C20H28N8O2S/c1-13(2)19-21-18(12-25(19)3)31(29,30)26(4)15-10-27(11-15)17-9-8-16-22-23-20(28(16)24-17)14-6-5-7-14/h8-9,12-15H,5-7,10-11H2,1-4H3. The van der Waals surface area contributed by atoms with Gasteiger partial charge in [0, 0.05) is 45.2 Å². The summed E-state index contributed by atoms with van der Waals surface area (Å²) in [6.45, 7) is 5.17. The van der Waals surface area contributed by atoms with Gasteiger partial charge < -0.3 is 9.47 Å². The van der Waals surface area contributed by atoms with Crippen LogP contribution in [-0.4, -0.2) is 68.3 Å². The molecule has 0 bridgehead atoms. The van der Waals surface area contributed by atoms with E-state index in [0.717, 1.165) is 36.0 Å². The zero-order valence-corrected chi connectivity index (χ0v) is 19.1. The lowest BCUT2D eigenvalue weighted by molar-refractivity contribution is 0.308. The lowest BCUT2D eigenvalue weighted by Crippen LogP contribution is -2.60. The highest BCUT2D eigenvalue weighted by atomic mass is 32.2. The summed E-state index contributed by atoms with van der Waals surface area (Å²) in [4.78, 5) is 6.46. The van der Waals surface area contributed by atoms with Gasteiger partial charge in [-0.1, -0.05) is 20.3 Å². The highest BCUT2D eigenvalue weighted by Gasteiger charge is 2.38. The molecule has 0 amide bonds. The van der Waals surface area contributed by atoms with Crippen molar-refractivity contribution in [2.45, 2.75) is 56.0 Å². The molecule has 0 unspecified atom stereocenters. The number of hydrogen-bond donors (Lipinski definition) is 0. The van der Waals surface area contributed by atoms with E-state index in [0.29, 0.717) is 19.0 Å². The van der Waals surface area contributed by atoms with Crippen molar-refractivity contribution >= 4 is 21.5 Å². The van der Waals surface area contributed by atoms with E-state index in [4.69, 9.17) is 5.10 Å². The smallest absolute Gasteiger partial charge is 0.262 e. The van der Waals surface area contributed by atoms with Crippen LogP contribution in [0.5, 0.6) is 0 Å². The second-order valence-electron chi connectivity index (χ2n) is 8.93. The number of aromatic nitrogens is 6. The summed E-state index contributed by atoms with van der Waals surface area (Å²) in [5.74, 6) is 3.09. The third-order valence-electron chi connectivity index (χ3n) is 6.49. The van der Waals surface area contributed by atoms with Crippen LogP contribution >= 0.6 is 0 Å². The Morgan fingerprint density at radius 3 is 2.52 bits per heavy atom. The van der Waals surface area contributed by atoms with Crippen molar-refractivity contribution in [3.63, 3.8) is 0 Å². The van der Waals surface area contributed by atoms with Gasteiger partial charge in [-0.2, -0.15) is 8.82 Å². The van der Waals surface area contributed by atoms with Gasteiger partial charge in [0.15, 0.2) is 16.5 Å². The van der Waals surface area contributed by atoms with E-state index in [-0.39, 0.29) is 17.0 Å². The Balaban J connectivity index is 1.31. The zero-order chi connectivity index (χ0) is 21.9. The van der Waals surface area contributed by atoms with Crippen LogP contribution in [0.1, 0.15) is 56.6 Å². The third-order valence-corrected chi connectivity index (χ3v) is 8.28. The number of likely N-dealkylation sites (N-methyl/N-ethyl adjacent to an activating group) is 1. The maximum atomic E-state index is 13.1. The van der Waals surface area contributed by atoms with Crippen molar-refractivity contribution in [3.8, 4) is 0 Å². The summed E-state index contributed by atoms with van der Waals surface area (Å²) in [6.07, 6.45) is 5.09. The Morgan fingerprint density at radius 1 is 1.16 bits per heavy atom. The Morgan fingerprint density at radius 2 is 1.90 bits per heavy atom. The summed E-state index contributed by atoms with van der Waals surface area (Å²) in [7, 11) is -0.189. The minimum Gasteiger partial charge on any atom is -0.352 e. The van der Waals surface area contributed by atoms with Crippen molar-refractivity contribution < 1.29 is 8.42 Å². The van der Waals surface area contributed by atoms with E-state index in [2.05, 4.69) is 20.1 Å². The number of sulfonamides is 1. The first kappa shape index (κ1) is 20.4. The minimum atomic E-state index is -3.65. The average Bonchev–Trinajstić information content (AvgIpc) is 3.23. The highest BCUT2D eigenvalue weighted by molar-refractivity contribution is 7.89. The van der Waals surface area contributed by atoms with Crippen molar-refractivity contribution in [3.05, 3.63) is 30.0 Å². The van der Waals surface area contributed by atoms with Gasteiger partial charge >= 0.3 is 0 Å². The van der Waals surface area contributed by atoms with Crippen LogP contribution in [0, 0.1) is 0 Å². The van der Waals surface area contributed by atoms with Gasteiger partial charge in [-0.3, -0.25) is 0 Å². The summed E-state index contributed by atoms with van der Waals surface area (Å²) < 4.78 is 31.3. The van der Waals surface area contributed by atoms with E-state index in [1.54, 1.807) is 17.8 Å². The largest absolute Gasteiger partial charge is 0.352 e. The first-order valence-corrected chi connectivity index (χ1v) is 12.2. The average molecular weight is 445 g/mol. The summed E-state index contributed by atoms with van der Waals surface area (Å²) in [5.41, 5.74) is 0.749. The summed E-state index contributed by atoms with van der Waals surface area (Å²) >= 11 is 0. The first-order chi connectivity index (χ1) is 14.8. The molecule has 1 aliphatic heterocycles. The molecule has 2 fully saturated rings. The summed E-state index contributed by atoms with van der Waals surface area (Å²) in [5, 5.41) is 13.4. The molecule has 0 N–H and O–H groups in total. The summed E-state index contributed by atoms with van der Waals surface area (Å²) in [6, 6.07) is 3.72. The fraction of sp³-hybridized carbons (Fsp3) is 0.600. The van der Waals surface area contributed by atoms with Gasteiger partial charge in [-0.05, 0) is 25.0 Å². The number of hydrogen-bond acceptors (Lipinski definition) is 7. The molecule has 0 radical (unpaired) electrons. The molecule has 0 aromatic carbocycles. The number of nitrogens with zero attached hydrogens (tertiary/aromatic N) is 8. The van der Waals surface area contributed by atoms with Crippen molar-refractivity contribution in [1.82, 2.24) is 33.7 Å². The maximum Gasteiger partial charge on any atom is 0.262 e. The molecule has 1 saturated carbocycles. The fourth-order valence-corrected chi connectivity index (χ4v) is 5.54. The molecule has 31 heavy (non-hydrogen) atoms. The van der Waals surface area contributed by atoms with Gasteiger partial charge in [0.1, 0.15) is 11.6 Å². The molecule has 166 valence electrons. The van der Waals surface area contributed by atoms with Crippen molar-refractivity contribution in [1.29, 1.82) is 0 Å². The van der Waals surface area contributed by atoms with Gasteiger partial charge in [0.05, 0.1) is 6.04 Å². The Kier molecular flexibility index (Phi) is 4.78. The van der Waals surface area contributed by atoms with E-state index in [1.165, 1.54) is 10.7 Å². The van der Waals surface area contributed by atoms with E-state index >= 15 is 0 Å². The van der Waals surface area contributed by atoms with Gasteiger partial charge in [-0.25, -0.2) is 13.4 Å². The molecule has 0 spiro atoms. The van der Waals surface area contributed by atoms with E-state index in [1.807, 2.05) is 37.5 Å². The van der Waals surface area contributed by atoms with Crippen LogP contribution in [-0.2, 0) is 17.1 Å². The molecular formula is C20H28N8O2S. The number of aryl methyl sites for hydroxylation is 1. The van der Waals surface area contributed by atoms with Crippen LogP contribution in [0.4, 0.5) is 5.82 Å². The molecule has 3 aromatic rings. The molecule has 4 heterocycles. The normalized spacial score (nSPS) is 18.2. The van der Waals surface area contributed by atoms with Crippen LogP contribution < -0.4 is 4.90 Å². The Bertz CT molecular complexity index is 1220. The molecule has 1 aliphatic carbocycles. The zero-order valence-electron chi connectivity index (χ0n) is 18.3. The molecular weight excluding hydrogens is 416 g/mol. The Labute approximate surface area is 181 Å². The molecule has 10 nitrogen and oxygen atoms in total. The monoisotopic (exact) mass is 444 g/mol. The second-order valence-corrected chi connectivity index (χ2v) is 10.9.